The maximum absolute atomic E-state index is 13.6. The second-order valence-electron chi connectivity index (χ2n) is 6.31. The lowest BCUT2D eigenvalue weighted by Crippen LogP contribution is -2.05. The van der Waals surface area contributed by atoms with E-state index in [-0.39, 0.29) is 23.0 Å². The number of hydrogen-bond donors (Lipinski definition) is 2. The number of hydrogen-bond acceptors (Lipinski definition) is 2. The lowest BCUT2D eigenvalue weighted by atomic mass is 9.83. The third-order valence-electron chi connectivity index (χ3n) is 4.59. The molecule has 126 valence electrons. The lowest BCUT2D eigenvalue weighted by molar-refractivity contribution is 0.389. The highest BCUT2D eigenvalue weighted by Gasteiger charge is 2.22. The zero-order chi connectivity index (χ0) is 17.1. The van der Waals surface area contributed by atoms with Crippen molar-refractivity contribution in [1.29, 1.82) is 0 Å². The minimum atomic E-state index is -0.654. The Kier molecular flexibility index (Phi) is 4.84. The van der Waals surface area contributed by atoms with Crippen molar-refractivity contribution in [2.24, 2.45) is 0 Å². The van der Waals surface area contributed by atoms with Gasteiger partial charge in [-0.15, -0.1) is 0 Å². The zero-order valence-corrected chi connectivity index (χ0v) is 13.3. The molecule has 0 atom stereocenters. The number of rotatable bonds is 3. The molecule has 2 aromatic carbocycles. The first-order valence-electron chi connectivity index (χ1n) is 8.23. The van der Waals surface area contributed by atoms with Gasteiger partial charge in [-0.2, -0.15) is 0 Å². The van der Waals surface area contributed by atoms with E-state index >= 15 is 0 Å². The van der Waals surface area contributed by atoms with Crippen LogP contribution in [0.3, 0.4) is 0 Å². The molecule has 2 N–H and O–H groups in total. The number of aromatic hydroxyl groups is 2. The second-order valence-corrected chi connectivity index (χ2v) is 6.31. The second kappa shape index (κ2) is 7.04. The van der Waals surface area contributed by atoms with Gasteiger partial charge in [-0.05, 0) is 48.6 Å². The highest BCUT2D eigenvalue weighted by Crippen LogP contribution is 2.42. The first kappa shape index (κ1) is 16.5. The molecule has 0 saturated heterocycles. The molecule has 1 aliphatic carbocycles. The molecule has 4 heteroatoms. The standard InChI is InChI=1S/C20H20F2O2/c21-16-9-8-14(17(22)12-16)7-6-13-10-18(23)20(19(24)11-13)15-4-2-1-3-5-15/h6-12,15,23-24H,1-5H2/b7-6+. The van der Waals surface area contributed by atoms with Gasteiger partial charge in [0.05, 0.1) is 0 Å². The molecule has 1 aliphatic rings. The molecule has 0 unspecified atom stereocenters. The van der Waals surface area contributed by atoms with Crippen molar-refractivity contribution < 1.29 is 19.0 Å². The molecule has 3 rings (SSSR count). The minimum absolute atomic E-state index is 0.0705. The van der Waals surface area contributed by atoms with Gasteiger partial charge in [-0.25, -0.2) is 8.78 Å². The molecule has 0 heterocycles. The van der Waals surface area contributed by atoms with Crippen LogP contribution in [0.4, 0.5) is 8.78 Å². The number of benzene rings is 2. The molecule has 0 radical (unpaired) electrons. The van der Waals surface area contributed by atoms with Crippen LogP contribution < -0.4 is 0 Å². The lowest BCUT2D eigenvalue weighted by Gasteiger charge is -2.23. The van der Waals surface area contributed by atoms with E-state index in [9.17, 15) is 19.0 Å². The molecule has 0 bridgehead atoms. The quantitative estimate of drug-likeness (QED) is 0.720. The highest BCUT2D eigenvalue weighted by molar-refractivity contribution is 5.72. The third-order valence-corrected chi connectivity index (χ3v) is 4.59. The van der Waals surface area contributed by atoms with Gasteiger partial charge in [0, 0.05) is 17.2 Å². The minimum Gasteiger partial charge on any atom is -0.507 e. The summed E-state index contributed by atoms with van der Waals surface area (Å²) in [6, 6.07) is 6.49. The van der Waals surface area contributed by atoms with E-state index in [4.69, 9.17) is 0 Å². The number of phenolic OH excluding ortho intramolecular Hbond substituents is 2. The Hall–Kier alpha value is -2.36. The van der Waals surface area contributed by atoms with Crippen molar-refractivity contribution in [2.45, 2.75) is 38.0 Å². The van der Waals surface area contributed by atoms with Crippen molar-refractivity contribution in [3.63, 3.8) is 0 Å². The smallest absolute Gasteiger partial charge is 0.133 e. The monoisotopic (exact) mass is 330 g/mol. The Morgan fingerprint density at radius 3 is 2.17 bits per heavy atom. The van der Waals surface area contributed by atoms with Crippen LogP contribution in [0, 0.1) is 11.6 Å². The predicted octanol–water partition coefficient (Wildman–Crippen LogP) is 5.59. The summed E-state index contributed by atoms with van der Waals surface area (Å²) in [4.78, 5) is 0. The Morgan fingerprint density at radius 1 is 0.875 bits per heavy atom. The Labute approximate surface area is 140 Å². The molecule has 0 aromatic heterocycles. The molecular weight excluding hydrogens is 310 g/mol. The fraction of sp³-hybridized carbons (Fsp3) is 0.300. The summed E-state index contributed by atoms with van der Waals surface area (Å²) in [5.41, 5.74) is 1.42. The van der Waals surface area contributed by atoms with Gasteiger partial charge < -0.3 is 10.2 Å². The van der Waals surface area contributed by atoms with E-state index in [0.29, 0.717) is 11.1 Å². The van der Waals surface area contributed by atoms with Crippen LogP contribution in [0.5, 0.6) is 11.5 Å². The van der Waals surface area contributed by atoms with Crippen molar-refractivity contribution in [1.82, 2.24) is 0 Å². The predicted molar refractivity (Wildman–Crippen MR) is 90.9 cm³/mol. The van der Waals surface area contributed by atoms with Gasteiger partial charge in [0.25, 0.3) is 0 Å². The van der Waals surface area contributed by atoms with E-state index in [1.54, 1.807) is 18.2 Å². The Bertz CT molecular complexity index is 739. The van der Waals surface area contributed by atoms with Crippen LogP contribution >= 0.6 is 0 Å². The summed E-state index contributed by atoms with van der Waals surface area (Å²) in [6.07, 6.45) is 8.42. The zero-order valence-electron chi connectivity index (χ0n) is 13.3. The maximum atomic E-state index is 13.6. The van der Waals surface area contributed by atoms with Crippen molar-refractivity contribution in [3.05, 3.63) is 58.7 Å². The van der Waals surface area contributed by atoms with Gasteiger partial charge in [0.15, 0.2) is 0 Å². The fourth-order valence-corrected chi connectivity index (χ4v) is 3.37. The molecule has 1 saturated carbocycles. The summed E-state index contributed by atoms with van der Waals surface area (Å²) >= 11 is 0. The van der Waals surface area contributed by atoms with E-state index in [0.717, 1.165) is 31.7 Å². The number of halogens is 2. The van der Waals surface area contributed by atoms with Crippen LogP contribution in [0.1, 0.15) is 54.7 Å². The first-order chi connectivity index (χ1) is 11.5. The fourth-order valence-electron chi connectivity index (χ4n) is 3.37. The number of phenols is 2. The van der Waals surface area contributed by atoms with Crippen LogP contribution in [0.15, 0.2) is 30.3 Å². The third kappa shape index (κ3) is 3.58. The van der Waals surface area contributed by atoms with Crippen LogP contribution in [0.25, 0.3) is 12.2 Å². The average molecular weight is 330 g/mol. The van der Waals surface area contributed by atoms with E-state index in [1.165, 1.54) is 24.6 Å². The normalized spacial score (nSPS) is 15.9. The SMILES string of the molecule is Oc1cc(/C=C/c2ccc(F)cc2F)cc(O)c1C1CCCCC1. The average Bonchev–Trinajstić information content (AvgIpc) is 2.54. The van der Waals surface area contributed by atoms with Gasteiger partial charge in [-0.3, -0.25) is 0 Å². The molecular formula is C20H20F2O2. The first-order valence-corrected chi connectivity index (χ1v) is 8.23. The van der Waals surface area contributed by atoms with Gasteiger partial charge >= 0.3 is 0 Å². The summed E-state index contributed by atoms with van der Waals surface area (Å²) in [6.45, 7) is 0. The summed E-state index contributed by atoms with van der Waals surface area (Å²) in [7, 11) is 0. The van der Waals surface area contributed by atoms with Gasteiger partial charge in [0.2, 0.25) is 0 Å². The molecule has 0 amide bonds. The largest absolute Gasteiger partial charge is 0.507 e. The van der Waals surface area contributed by atoms with Crippen LogP contribution in [0.2, 0.25) is 0 Å². The Balaban J connectivity index is 1.85. The molecule has 2 nitrogen and oxygen atoms in total. The molecule has 24 heavy (non-hydrogen) atoms. The summed E-state index contributed by atoms with van der Waals surface area (Å²) in [5.74, 6) is -0.955. The van der Waals surface area contributed by atoms with E-state index in [1.807, 2.05) is 0 Å². The molecule has 2 aromatic rings. The summed E-state index contributed by atoms with van der Waals surface area (Å²) < 4.78 is 26.5. The summed E-state index contributed by atoms with van der Waals surface area (Å²) in [5, 5.41) is 20.6. The Morgan fingerprint density at radius 2 is 1.54 bits per heavy atom. The molecule has 0 spiro atoms. The highest BCUT2D eigenvalue weighted by atomic mass is 19.1. The van der Waals surface area contributed by atoms with Gasteiger partial charge in [0.1, 0.15) is 23.1 Å². The molecule has 1 fully saturated rings. The van der Waals surface area contributed by atoms with E-state index < -0.39 is 11.6 Å². The maximum Gasteiger partial charge on any atom is 0.133 e. The van der Waals surface area contributed by atoms with Gasteiger partial charge in [-0.1, -0.05) is 31.4 Å². The van der Waals surface area contributed by atoms with Crippen LogP contribution in [-0.4, -0.2) is 10.2 Å². The van der Waals surface area contributed by atoms with Crippen molar-refractivity contribution >= 4 is 12.2 Å². The molecule has 0 aliphatic heterocycles. The van der Waals surface area contributed by atoms with Crippen molar-refractivity contribution in [3.8, 4) is 11.5 Å². The van der Waals surface area contributed by atoms with Crippen LogP contribution in [-0.2, 0) is 0 Å². The van der Waals surface area contributed by atoms with Crippen molar-refractivity contribution in [2.75, 3.05) is 0 Å². The van der Waals surface area contributed by atoms with E-state index in [2.05, 4.69) is 0 Å². The topological polar surface area (TPSA) is 40.5 Å².